The van der Waals surface area contributed by atoms with Gasteiger partial charge in [0.15, 0.2) is 0 Å². The molecule has 150 valence electrons. The molecule has 0 atom stereocenters. The topological polar surface area (TPSA) is 58.2 Å². The molecule has 5 heteroatoms. The van der Waals surface area contributed by atoms with Crippen LogP contribution in [0.5, 0.6) is 0 Å². The Kier molecular flexibility index (Phi) is 8.21. The lowest BCUT2D eigenvalue weighted by molar-refractivity contribution is -0.128. The van der Waals surface area contributed by atoms with E-state index in [1.165, 1.54) is 6.42 Å². The van der Waals surface area contributed by atoms with Gasteiger partial charge in [-0.3, -0.25) is 9.59 Å². The third-order valence-corrected chi connectivity index (χ3v) is 6.12. The molecule has 0 spiro atoms. The van der Waals surface area contributed by atoms with Crippen molar-refractivity contribution < 1.29 is 9.59 Å². The molecule has 2 N–H and O–H groups in total. The van der Waals surface area contributed by atoms with Crippen LogP contribution in [0.2, 0.25) is 0 Å². The van der Waals surface area contributed by atoms with Crippen LogP contribution in [0, 0.1) is 11.3 Å². The van der Waals surface area contributed by atoms with Crippen molar-refractivity contribution in [1.82, 2.24) is 5.32 Å². The lowest BCUT2D eigenvalue weighted by Crippen LogP contribution is -2.38. The molecule has 2 rings (SSSR count). The zero-order valence-corrected chi connectivity index (χ0v) is 18.0. The molecule has 0 unspecified atom stereocenters. The molecule has 0 radical (unpaired) electrons. The fourth-order valence-electron chi connectivity index (χ4n) is 3.66. The van der Waals surface area contributed by atoms with Crippen LogP contribution in [0.15, 0.2) is 29.2 Å². The van der Waals surface area contributed by atoms with Crippen LogP contribution in [0.1, 0.15) is 72.6 Å². The number of para-hydroxylation sites is 1. The highest BCUT2D eigenvalue weighted by molar-refractivity contribution is 8.13. The fourth-order valence-corrected chi connectivity index (χ4v) is 4.53. The number of benzene rings is 1. The van der Waals surface area contributed by atoms with Crippen LogP contribution in [-0.2, 0) is 4.79 Å². The van der Waals surface area contributed by atoms with Crippen molar-refractivity contribution >= 4 is 28.6 Å². The number of hydrogen-bond donors (Lipinski definition) is 2. The zero-order chi connectivity index (χ0) is 19.9. The molecule has 27 heavy (non-hydrogen) atoms. The molecule has 1 aliphatic rings. The van der Waals surface area contributed by atoms with Gasteiger partial charge < -0.3 is 10.6 Å². The van der Waals surface area contributed by atoms with E-state index < -0.39 is 0 Å². The highest BCUT2D eigenvalue weighted by Crippen LogP contribution is 2.42. The Morgan fingerprint density at radius 1 is 1.07 bits per heavy atom. The third kappa shape index (κ3) is 6.56. The summed E-state index contributed by atoms with van der Waals surface area (Å²) in [6.45, 7) is 8.31. The number of carbonyl (C=O) groups is 2. The third-order valence-electron chi connectivity index (χ3n) is 5.24. The zero-order valence-electron chi connectivity index (χ0n) is 17.1. The van der Waals surface area contributed by atoms with Gasteiger partial charge in [-0.2, -0.15) is 0 Å². The van der Waals surface area contributed by atoms with E-state index in [1.807, 2.05) is 38.1 Å². The Balaban J connectivity index is 2.14. The standard InChI is InChI=1S/C22H34N2O2S/c1-16(2)12-15-22(13-8-5-9-14-22)20(25)24-18-10-6-7-11-19(18)27-21(26)23-17(3)4/h6-7,10-11,16-17H,5,8-9,12-15H2,1-4H3,(H,23,26)(H,24,25). The van der Waals surface area contributed by atoms with Gasteiger partial charge in [0.25, 0.3) is 5.24 Å². The first-order valence-corrected chi connectivity index (χ1v) is 11.0. The molecule has 0 aliphatic heterocycles. The Morgan fingerprint density at radius 3 is 2.37 bits per heavy atom. The molecule has 0 aromatic heterocycles. The second-order valence-corrected chi connectivity index (χ2v) is 9.43. The summed E-state index contributed by atoms with van der Waals surface area (Å²) < 4.78 is 0. The minimum Gasteiger partial charge on any atom is -0.345 e. The summed E-state index contributed by atoms with van der Waals surface area (Å²) >= 11 is 1.14. The molecule has 2 amide bonds. The van der Waals surface area contributed by atoms with Crippen LogP contribution in [0.25, 0.3) is 0 Å². The second-order valence-electron chi connectivity index (χ2n) is 8.41. The van der Waals surface area contributed by atoms with E-state index in [4.69, 9.17) is 0 Å². The molecule has 0 heterocycles. The van der Waals surface area contributed by atoms with Crippen LogP contribution >= 0.6 is 11.8 Å². The molecule has 1 aromatic carbocycles. The van der Waals surface area contributed by atoms with Gasteiger partial charge in [-0.1, -0.05) is 45.2 Å². The van der Waals surface area contributed by atoms with Gasteiger partial charge in [0.1, 0.15) is 0 Å². The van der Waals surface area contributed by atoms with Crippen molar-refractivity contribution in [3.05, 3.63) is 24.3 Å². The first-order valence-electron chi connectivity index (χ1n) is 10.2. The van der Waals surface area contributed by atoms with E-state index in [1.54, 1.807) is 0 Å². The minimum atomic E-state index is -0.263. The molecule has 1 aliphatic carbocycles. The summed E-state index contributed by atoms with van der Waals surface area (Å²) in [6.07, 6.45) is 7.42. The minimum absolute atomic E-state index is 0.0910. The second kappa shape index (κ2) is 10.2. The first-order chi connectivity index (χ1) is 12.8. The van der Waals surface area contributed by atoms with Gasteiger partial charge in [-0.15, -0.1) is 0 Å². The van der Waals surface area contributed by atoms with Crippen molar-refractivity contribution in [2.24, 2.45) is 11.3 Å². The molecule has 4 nitrogen and oxygen atoms in total. The van der Waals surface area contributed by atoms with Gasteiger partial charge in [-0.25, -0.2) is 0 Å². The Morgan fingerprint density at radius 2 is 1.74 bits per heavy atom. The van der Waals surface area contributed by atoms with E-state index in [2.05, 4.69) is 24.5 Å². The number of hydrogen-bond acceptors (Lipinski definition) is 3. The SMILES string of the molecule is CC(C)CCC1(C(=O)Nc2ccccc2SC(=O)NC(C)C)CCCCC1. The number of rotatable bonds is 7. The number of nitrogens with one attached hydrogen (secondary N) is 2. The van der Waals surface area contributed by atoms with Gasteiger partial charge in [0, 0.05) is 16.4 Å². The summed E-state index contributed by atoms with van der Waals surface area (Å²) in [5, 5.41) is 5.95. The normalized spacial score (nSPS) is 16.4. The Hall–Kier alpha value is -1.49. The first kappa shape index (κ1) is 21.8. The monoisotopic (exact) mass is 390 g/mol. The molecule has 1 aromatic rings. The maximum absolute atomic E-state index is 13.3. The number of anilines is 1. The molecule has 1 saturated carbocycles. The fraction of sp³-hybridized carbons (Fsp3) is 0.636. The van der Waals surface area contributed by atoms with Gasteiger partial charge >= 0.3 is 0 Å². The highest BCUT2D eigenvalue weighted by Gasteiger charge is 2.39. The summed E-state index contributed by atoms with van der Waals surface area (Å²) in [5.74, 6) is 0.722. The van der Waals surface area contributed by atoms with E-state index in [-0.39, 0.29) is 22.6 Å². The summed E-state index contributed by atoms with van der Waals surface area (Å²) in [4.78, 5) is 26.2. The van der Waals surface area contributed by atoms with Gasteiger partial charge in [0.05, 0.1) is 5.69 Å². The van der Waals surface area contributed by atoms with Crippen LogP contribution in [0.3, 0.4) is 0 Å². The summed E-state index contributed by atoms with van der Waals surface area (Å²) in [6, 6.07) is 7.68. The maximum Gasteiger partial charge on any atom is 0.284 e. The Labute approximate surface area is 168 Å². The molecule has 0 saturated heterocycles. The van der Waals surface area contributed by atoms with Crippen LogP contribution in [0.4, 0.5) is 10.5 Å². The quantitative estimate of drug-likeness (QED) is 0.543. The van der Waals surface area contributed by atoms with Crippen molar-refractivity contribution in [3.63, 3.8) is 0 Å². The van der Waals surface area contributed by atoms with E-state index >= 15 is 0 Å². The Bertz CT molecular complexity index is 637. The molecular formula is C22H34N2O2S. The maximum atomic E-state index is 13.3. The largest absolute Gasteiger partial charge is 0.345 e. The summed E-state index contributed by atoms with van der Waals surface area (Å²) in [5.41, 5.74) is 0.474. The van der Waals surface area contributed by atoms with E-state index in [0.29, 0.717) is 5.92 Å². The molecular weight excluding hydrogens is 356 g/mol. The lowest BCUT2D eigenvalue weighted by Gasteiger charge is -2.36. The van der Waals surface area contributed by atoms with Crippen molar-refractivity contribution in [1.29, 1.82) is 0 Å². The van der Waals surface area contributed by atoms with E-state index in [9.17, 15) is 9.59 Å². The van der Waals surface area contributed by atoms with Gasteiger partial charge in [0.2, 0.25) is 5.91 Å². The molecule has 0 bridgehead atoms. The van der Waals surface area contributed by atoms with Crippen molar-refractivity contribution in [2.45, 2.75) is 83.6 Å². The summed E-state index contributed by atoms with van der Waals surface area (Å²) in [7, 11) is 0. The van der Waals surface area contributed by atoms with Crippen molar-refractivity contribution in [3.8, 4) is 0 Å². The number of thioether (sulfide) groups is 1. The van der Waals surface area contributed by atoms with Gasteiger partial charge in [-0.05, 0) is 69.3 Å². The van der Waals surface area contributed by atoms with E-state index in [0.717, 1.165) is 60.9 Å². The van der Waals surface area contributed by atoms with Crippen LogP contribution in [-0.4, -0.2) is 17.2 Å². The number of amides is 2. The predicted octanol–water partition coefficient (Wildman–Crippen LogP) is 6.22. The highest BCUT2D eigenvalue weighted by atomic mass is 32.2. The van der Waals surface area contributed by atoms with Crippen LogP contribution < -0.4 is 10.6 Å². The predicted molar refractivity (Wildman–Crippen MR) is 114 cm³/mol. The average molecular weight is 391 g/mol. The molecule has 1 fully saturated rings. The average Bonchev–Trinajstić information content (AvgIpc) is 2.61. The smallest absolute Gasteiger partial charge is 0.284 e. The van der Waals surface area contributed by atoms with Crippen molar-refractivity contribution in [2.75, 3.05) is 5.32 Å². The number of carbonyl (C=O) groups excluding carboxylic acids is 2. The lowest BCUT2D eigenvalue weighted by atomic mass is 9.69.